The molecule has 1 aliphatic heterocycles. The summed E-state index contributed by atoms with van der Waals surface area (Å²) < 4.78 is 43.4. The fourth-order valence-electron chi connectivity index (χ4n) is 2.89. The molecule has 9 heteroatoms. The number of nitrogens with zero attached hydrogens (tertiary/aromatic N) is 3. The number of sulfonamides is 1. The SMILES string of the molecule is CCOc1ccc(S(=O)(=O)N2CCCC(Oc3ccc(OC)nn3)C2)cc1. The van der Waals surface area contributed by atoms with Crippen molar-refractivity contribution in [2.45, 2.75) is 30.8 Å². The van der Waals surface area contributed by atoms with Crippen molar-refractivity contribution in [3.8, 4) is 17.5 Å². The van der Waals surface area contributed by atoms with E-state index >= 15 is 0 Å². The van der Waals surface area contributed by atoms with E-state index in [9.17, 15) is 8.42 Å². The lowest BCUT2D eigenvalue weighted by molar-refractivity contribution is 0.123. The van der Waals surface area contributed by atoms with E-state index in [1.807, 2.05) is 6.92 Å². The Balaban J connectivity index is 1.68. The molecule has 1 fully saturated rings. The predicted octanol–water partition coefficient (Wildman–Crippen LogP) is 2.12. The summed E-state index contributed by atoms with van der Waals surface area (Å²) in [5.41, 5.74) is 0. The van der Waals surface area contributed by atoms with Gasteiger partial charge >= 0.3 is 0 Å². The van der Waals surface area contributed by atoms with Crippen LogP contribution < -0.4 is 14.2 Å². The molecule has 0 saturated carbocycles. The average molecular weight is 393 g/mol. The van der Waals surface area contributed by atoms with Crippen molar-refractivity contribution >= 4 is 10.0 Å². The smallest absolute Gasteiger partial charge is 0.243 e. The summed E-state index contributed by atoms with van der Waals surface area (Å²) in [6, 6.07) is 9.79. The summed E-state index contributed by atoms with van der Waals surface area (Å²) in [5, 5.41) is 7.80. The van der Waals surface area contributed by atoms with Crippen LogP contribution in [-0.2, 0) is 10.0 Å². The van der Waals surface area contributed by atoms with Gasteiger partial charge in [0, 0.05) is 18.7 Å². The van der Waals surface area contributed by atoms with E-state index in [2.05, 4.69) is 10.2 Å². The van der Waals surface area contributed by atoms with E-state index in [1.54, 1.807) is 36.4 Å². The van der Waals surface area contributed by atoms with Crippen molar-refractivity contribution in [1.29, 1.82) is 0 Å². The standard InChI is InChI=1S/C18H23N3O5S/c1-3-25-14-6-8-16(9-7-14)27(22,23)21-12-4-5-15(13-21)26-18-11-10-17(24-2)19-20-18/h6-11,15H,3-5,12-13H2,1-2H3. The molecule has 1 aromatic heterocycles. The highest BCUT2D eigenvalue weighted by molar-refractivity contribution is 7.89. The molecule has 0 spiro atoms. The minimum atomic E-state index is -3.59. The zero-order chi connectivity index (χ0) is 19.3. The molecule has 2 heterocycles. The Morgan fingerprint density at radius 1 is 1.11 bits per heavy atom. The first-order valence-electron chi connectivity index (χ1n) is 8.80. The lowest BCUT2D eigenvalue weighted by Gasteiger charge is -2.31. The largest absolute Gasteiger partial charge is 0.494 e. The van der Waals surface area contributed by atoms with Crippen molar-refractivity contribution in [3.63, 3.8) is 0 Å². The van der Waals surface area contributed by atoms with E-state index in [4.69, 9.17) is 14.2 Å². The van der Waals surface area contributed by atoms with Gasteiger partial charge in [-0.1, -0.05) is 0 Å². The second kappa shape index (κ2) is 8.53. The first-order chi connectivity index (χ1) is 13.0. The highest BCUT2D eigenvalue weighted by atomic mass is 32.2. The predicted molar refractivity (Wildman–Crippen MR) is 98.6 cm³/mol. The van der Waals surface area contributed by atoms with Gasteiger partial charge in [0.1, 0.15) is 11.9 Å². The fraction of sp³-hybridized carbons (Fsp3) is 0.444. The third kappa shape index (κ3) is 4.67. The molecule has 1 aliphatic rings. The van der Waals surface area contributed by atoms with Crippen LogP contribution in [-0.4, -0.2) is 55.8 Å². The molecule has 1 atom stereocenters. The second-order valence-corrected chi connectivity index (χ2v) is 8.00. The van der Waals surface area contributed by atoms with Gasteiger partial charge in [-0.3, -0.25) is 0 Å². The van der Waals surface area contributed by atoms with E-state index in [0.717, 1.165) is 6.42 Å². The lowest BCUT2D eigenvalue weighted by Crippen LogP contribution is -2.44. The van der Waals surface area contributed by atoms with Gasteiger partial charge in [-0.25, -0.2) is 8.42 Å². The summed E-state index contributed by atoms with van der Waals surface area (Å²) in [6.07, 6.45) is 1.19. The number of hydrogen-bond donors (Lipinski definition) is 0. The highest BCUT2D eigenvalue weighted by Gasteiger charge is 2.31. The Labute approximate surface area is 159 Å². The second-order valence-electron chi connectivity index (χ2n) is 6.06. The van der Waals surface area contributed by atoms with E-state index in [1.165, 1.54) is 11.4 Å². The average Bonchev–Trinajstić information content (AvgIpc) is 2.69. The van der Waals surface area contributed by atoms with Crippen LogP contribution in [0.25, 0.3) is 0 Å². The molecule has 0 N–H and O–H groups in total. The summed E-state index contributed by atoms with van der Waals surface area (Å²) in [7, 11) is -2.08. The molecule has 8 nitrogen and oxygen atoms in total. The molecule has 0 aliphatic carbocycles. The van der Waals surface area contributed by atoms with Crippen molar-refractivity contribution in [2.24, 2.45) is 0 Å². The summed E-state index contributed by atoms with van der Waals surface area (Å²) in [6.45, 7) is 3.14. The lowest BCUT2D eigenvalue weighted by atomic mass is 10.1. The maximum atomic E-state index is 12.9. The van der Waals surface area contributed by atoms with Crippen LogP contribution in [0.3, 0.4) is 0 Å². The van der Waals surface area contributed by atoms with Gasteiger partial charge in [-0.2, -0.15) is 4.31 Å². The first kappa shape index (κ1) is 19.4. The van der Waals surface area contributed by atoms with Crippen LogP contribution in [0.15, 0.2) is 41.3 Å². The van der Waals surface area contributed by atoms with Crippen LogP contribution in [0, 0.1) is 0 Å². The molecule has 1 saturated heterocycles. The van der Waals surface area contributed by atoms with E-state index in [-0.39, 0.29) is 17.5 Å². The Kier molecular flexibility index (Phi) is 6.12. The molecule has 0 amide bonds. The van der Waals surface area contributed by atoms with E-state index < -0.39 is 10.0 Å². The maximum Gasteiger partial charge on any atom is 0.243 e. The van der Waals surface area contributed by atoms with Crippen LogP contribution in [0.5, 0.6) is 17.5 Å². The number of methoxy groups -OCH3 is 1. The zero-order valence-corrected chi connectivity index (χ0v) is 16.2. The molecule has 146 valence electrons. The molecule has 1 aromatic carbocycles. The molecule has 0 bridgehead atoms. The van der Waals surface area contributed by atoms with Gasteiger partial charge in [0.25, 0.3) is 0 Å². The topological polar surface area (TPSA) is 90.9 Å². The summed E-state index contributed by atoms with van der Waals surface area (Å²) in [4.78, 5) is 0.246. The Bertz CT molecular complexity index is 840. The van der Waals surface area contributed by atoms with Gasteiger partial charge in [0.05, 0.1) is 25.2 Å². The molecule has 3 rings (SSSR count). The quantitative estimate of drug-likeness (QED) is 0.711. The fourth-order valence-corrected chi connectivity index (χ4v) is 4.40. The molecule has 1 unspecified atom stereocenters. The van der Waals surface area contributed by atoms with Crippen molar-refractivity contribution in [2.75, 3.05) is 26.8 Å². The number of rotatable bonds is 7. The van der Waals surface area contributed by atoms with Crippen molar-refractivity contribution < 1.29 is 22.6 Å². The van der Waals surface area contributed by atoms with Gasteiger partial charge < -0.3 is 14.2 Å². The van der Waals surface area contributed by atoms with E-state index in [0.29, 0.717) is 37.1 Å². The van der Waals surface area contributed by atoms with Gasteiger partial charge in [-0.05, 0) is 44.0 Å². The van der Waals surface area contributed by atoms with Gasteiger partial charge in [0.2, 0.25) is 21.8 Å². The number of hydrogen-bond acceptors (Lipinski definition) is 7. The number of ether oxygens (including phenoxy) is 3. The van der Waals surface area contributed by atoms with Crippen molar-refractivity contribution in [3.05, 3.63) is 36.4 Å². The van der Waals surface area contributed by atoms with Gasteiger partial charge in [0.15, 0.2) is 0 Å². The van der Waals surface area contributed by atoms with Crippen molar-refractivity contribution in [1.82, 2.24) is 14.5 Å². The van der Waals surface area contributed by atoms with Crippen LogP contribution in [0.1, 0.15) is 19.8 Å². The Morgan fingerprint density at radius 2 is 1.81 bits per heavy atom. The number of piperidine rings is 1. The molecule has 27 heavy (non-hydrogen) atoms. The van der Waals surface area contributed by atoms with Gasteiger partial charge in [-0.15, -0.1) is 10.2 Å². The third-order valence-electron chi connectivity index (χ3n) is 4.23. The zero-order valence-electron chi connectivity index (χ0n) is 15.4. The molecule has 2 aromatic rings. The maximum absolute atomic E-state index is 12.9. The Hall–Kier alpha value is -2.39. The number of aromatic nitrogens is 2. The minimum absolute atomic E-state index is 0.246. The minimum Gasteiger partial charge on any atom is -0.494 e. The molecule has 0 radical (unpaired) electrons. The Morgan fingerprint density at radius 3 is 2.44 bits per heavy atom. The normalized spacial score (nSPS) is 18.1. The monoisotopic (exact) mass is 393 g/mol. The first-order valence-corrected chi connectivity index (χ1v) is 10.2. The number of benzene rings is 1. The van der Waals surface area contributed by atoms with Crippen LogP contribution in [0.4, 0.5) is 0 Å². The van der Waals surface area contributed by atoms with Crippen LogP contribution >= 0.6 is 0 Å². The molecular weight excluding hydrogens is 370 g/mol. The third-order valence-corrected chi connectivity index (χ3v) is 6.10. The summed E-state index contributed by atoms with van der Waals surface area (Å²) >= 11 is 0. The highest BCUT2D eigenvalue weighted by Crippen LogP contribution is 2.24. The van der Waals surface area contributed by atoms with Crippen LogP contribution in [0.2, 0.25) is 0 Å². The summed E-state index contributed by atoms with van der Waals surface area (Å²) in [5.74, 6) is 1.39. The molecular formula is C18H23N3O5S.